The van der Waals surface area contributed by atoms with Gasteiger partial charge in [-0.25, -0.2) is 0 Å². The van der Waals surface area contributed by atoms with Crippen molar-refractivity contribution >= 4 is 0 Å². The quantitative estimate of drug-likeness (QED) is 0.645. The van der Waals surface area contributed by atoms with Gasteiger partial charge in [-0.2, -0.15) is 0 Å². The molecule has 18 heavy (non-hydrogen) atoms. The summed E-state index contributed by atoms with van der Waals surface area (Å²) in [6, 6.07) is 0.751. The van der Waals surface area contributed by atoms with Gasteiger partial charge in [-0.3, -0.25) is 0 Å². The van der Waals surface area contributed by atoms with Crippen LogP contribution in [0.2, 0.25) is 0 Å². The first kappa shape index (κ1) is 15.9. The molecule has 1 unspecified atom stereocenters. The molecule has 1 atom stereocenters. The van der Waals surface area contributed by atoms with Crippen molar-refractivity contribution in [2.24, 2.45) is 5.73 Å². The van der Waals surface area contributed by atoms with E-state index in [0.717, 1.165) is 25.6 Å². The minimum Gasteiger partial charge on any atom is -0.378 e. The third kappa shape index (κ3) is 6.17. The Morgan fingerprint density at radius 2 is 1.94 bits per heavy atom. The van der Waals surface area contributed by atoms with Gasteiger partial charge >= 0.3 is 0 Å². The number of rotatable bonds is 9. The molecule has 0 bridgehead atoms. The standard InChI is InChI=1S/C15H32N2O/c1-3-4-5-7-14(2)17-11-8-15(9-12-17)18-13-6-10-16/h14-15H,3-13,16H2,1-2H3. The third-order valence-corrected chi connectivity index (χ3v) is 4.03. The average molecular weight is 256 g/mol. The van der Waals surface area contributed by atoms with Crippen molar-refractivity contribution in [1.29, 1.82) is 0 Å². The Morgan fingerprint density at radius 1 is 1.22 bits per heavy atom. The zero-order valence-electron chi connectivity index (χ0n) is 12.4. The number of ether oxygens (including phenoxy) is 1. The maximum absolute atomic E-state index is 5.84. The summed E-state index contributed by atoms with van der Waals surface area (Å²) >= 11 is 0. The summed E-state index contributed by atoms with van der Waals surface area (Å²) in [5, 5.41) is 0. The SMILES string of the molecule is CCCCCC(C)N1CCC(OCCCN)CC1. The van der Waals surface area contributed by atoms with Crippen molar-refractivity contribution < 1.29 is 4.74 Å². The second kappa shape index (κ2) is 9.76. The van der Waals surface area contributed by atoms with Crippen LogP contribution in [0.25, 0.3) is 0 Å². The van der Waals surface area contributed by atoms with Crippen molar-refractivity contribution in [3.8, 4) is 0 Å². The minimum atomic E-state index is 0.482. The molecule has 1 fully saturated rings. The van der Waals surface area contributed by atoms with Crippen LogP contribution in [-0.4, -0.2) is 43.3 Å². The fourth-order valence-corrected chi connectivity index (χ4v) is 2.69. The molecular weight excluding hydrogens is 224 g/mol. The van der Waals surface area contributed by atoms with E-state index in [1.807, 2.05) is 0 Å². The van der Waals surface area contributed by atoms with Gasteiger partial charge in [-0.15, -0.1) is 0 Å². The summed E-state index contributed by atoms with van der Waals surface area (Å²) in [7, 11) is 0. The monoisotopic (exact) mass is 256 g/mol. The fraction of sp³-hybridized carbons (Fsp3) is 1.00. The van der Waals surface area contributed by atoms with E-state index in [1.54, 1.807) is 0 Å². The zero-order valence-corrected chi connectivity index (χ0v) is 12.4. The summed E-state index contributed by atoms with van der Waals surface area (Å²) < 4.78 is 5.84. The lowest BCUT2D eigenvalue weighted by atomic mass is 10.0. The van der Waals surface area contributed by atoms with Gasteiger partial charge in [0.05, 0.1) is 6.10 Å². The highest BCUT2D eigenvalue weighted by Crippen LogP contribution is 2.18. The van der Waals surface area contributed by atoms with E-state index in [2.05, 4.69) is 18.7 Å². The number of likely N-dealkylation sites (tertiary alicyclic amines) is 1. The predicted octanol–water partition coefficient (Wildman–Crippen LogP) is 2.79. The molecule has 1 rings (SSSR count). The van der Waals surface area contributed by atoms with Gasteiger partial charge in [0.1, 0.15) is 0 Å². The van der Waals surface area contributed by atoms with Gasteiger partial charge in [0.25, 0.3) is 0 Å². The Balaban J connectivity index is 2.10. The lowest BCUT2D eigenvalue weighted by Crippen LogP contribution is -2.42. The number of piperidine rings is 1. The fourth-order valence-electron chi connectivity index (χ4n) is 2.69. The van der Waals surface area contributed by atoms with E-state index in [4.69, 9.17) is 10.5 Å². The molecular formula is C15H32N2O. The summed E-state index contributed by atoms with van der Waals surface area (Å²) in [5.41, 5.74) is 5.48. The van der Waals surface area contributed by atoms with E-state index in [-0.39, 0.29) is 0 Å². The molecule has 0 saturated carbocycles. The number of nitrogens with zero attached hydrogens (tertiary/aromatic N) is 1. The number of hydrogen-bond donors (Lipinski definition) is 1. The first-order valence-electron chi connectivity index (χ1n) is 7.83. The van der Waals surface area contributed by atoms with Crippen molar-refractivity contribution in [2.45, 2.75) is 70.9 Å². The summed E-state index contributed by atoms with van der Waals surface area (Å²) in [6.07, 6.45) is 9.30. The Hall–Kier alpha value is -0.120. The Kier molecular flexibility index (Phi) is 8.64. The van der Waals surface area contributed by atoms with Crippen molar-refractivity contribution in [2.75, 3.05) is 26.2 Å². The second-order valence-corrected chi connectivity index (χ2v) is 5.59. The lowest BCUT2D eigenvalue weighted by Gasteiger charge is -2.36. The Morgan fingerprint density at radius 3 is 2.56 bits per heavy atom. The smallest absolute Gasteiger partial charge is 0.0599 e. The average Bonchev–Trinajstić information content (AvgIpc) is 2.40. The molecule has 3 nitrogen and oxygen atoms in total. The van der Waals surface area contributed by atoms with Crippen LogP contribution in [-0.2, 0) is 4.74 Å². The molecule has 1 saturated heterocycles. The topological polar surface area (TPSA) is 38.5 Å². The number of nitrogens with two attached hydrogens (primary N) is 1. The molecule has 0 aromatic heterocycles. The largest absolute Gasteiger partial charge is 0.378 e. The van der Waals surface area contributed by atoms with E-state index < -0.39 is 0 Å². The van der Waals surface area contributed by atoms with Gasteiger partial charge < -0.3 is 15.4 Å². The van der Waals surface area contributed by atoms with Gasteiger partial charge in [-0.1, -0.05) is 26.2 Å². The second-order valence-electron chi connectivity index (χ2n) is 5.59. The van der Waals surface area contributed by atoms with Crippen LogP contribution in [0.1, 0.15) is 58.8 Å². The van der Waals surface area contributed by atoms with Crippen molar-refractivity contribution in [3.63, 3.8) is 0 Å². The molecule has 2 N–H and O–H groups in total. The van der Waals surface area contributed by atoms with Crippen molar-refractivity contribution in [1.82, 2.24) is 4.90 Å². The minimum absolute atomic E-state index is 0.482. The zero-order chi connectivity index (χ0) is 13.2. The molecule has 0 radical (unpaired) electrons. The highest BCUT2D eigenvalue weighted by Gasteiger charge is 2.22. The van der Waals surface area contributed by atoms with Crippen LogP contribution < -0.4 is 5.73 Å². The summed E-state index contributed by atoms with van der Waals surface area (Å²) in [5.74, 6) is 0. The number of hydrogen-bond acceptors (Lipinski definition) is 3. The van der Waals surface area contributed by atoms with E-state index in [9.17, 15) is 0 Å². The first-order valence-corrected chi connectivity index (χ1v) is 7.83. The molecule has 108 valence electrons. The predicted molar refractivity (Wildman–Crippen MR) is 77.8 cm³/mol. The molecule has 1 heterocycles. The molecule has 0 amide bonds. The molecule has 1 aliphatic heterocycles. The highest BCUT2D eigenvalue weighted by molar-refractivity contribution is 4.76. The molecule has 0 aromatic carbocycles. The highest BCUT2D eigenvalue weighted by atomic mass is 16.5. The van der Waals surface area contributed by atoms with E-state index in [0.29, 0.717) is 6.10 Å². The van der Waals surface area contributed by atoms with Crippen LogP contribution in [0.3, 0.4) is 0 Å². The van der Waals surface area contributed by atoms with Gasteiger partial charge in [0, 0.05) is 25.7 Å². The van der Waals surface area contributed by atoms with Crippen LogP contribution >= 0.6 is 0 Å². The summed E-state index contributed by atoms with van der Waals surface area (Å²) in [4.78, 5) is 2.64. The van der Waals surface area contributed by atoms with Crippen LogP contribution in [0, 0.1) is 0 Å². The van der Waals surface area contributed by atoms with Crippen LogP contribution in [0.4, 0.5) is 0 Å². The third-order valence-electron chi connectivity index (χ3n) is 4.03. The maximum atomic E-state index is 5.84. The lowest BCUT2D eigenvalue weighted by molar-refractivity contribution is -0.00141. The van der Waals surface area contributed by atoms with Gasteiger partial charge in [0.15, 0.2) is 0 Å². The van der Waals surface area contributed by atoms with Crippen LogP contribution in [0.15, 0.2) is 0 Å². The number of unbranched alkanes of at least 4 members (excludes halogenated alkanes) is 2. The molecule has 0 spiro atoms. The Labute approximate surface area is 113 Å². The normalized spacial score (nSPS) is 20.2. The first-order chi connectivity index (χ1) is 8.77. The van der Waals surface area contributed by atoms with Crippen molar-refractivity contribution in [3.05, 3.63) is 0 Å². The molecule has 1 aliphatic rings. The Bertz CT molecular complexity index is 191. The van der Waals surface area contributed by atoms with E-state index in [1.165, 1.54) is 51.6 Å². The molecule has 0 aromatic rings. The summed E-state index contributed by atoms with van der Waals surface area (Å²) in [6.45, 7) is 8.65. The van der Waals surface area contributed by atoms with Crippen LogP contribution in [0.5, 0.6) is 0 Å². The molecule has 3 heteroatoms. The van der Waals surface area contributed by atoms with Gasteiger partial charge in [-0.05, 0) is 39.2 Å². The van der Waals surface area contributed by atoms with Gasteiger partial charge in [0.2, 0.25) is 0 Å². The molecule has 0 aliphatic carbocycles. The van der Waals surface area contributed by atoms with E-state index >= 15 is 0 Å². The maximum Gasteiger partial charge on any atom is 0.0599 e.